The summed E-state index contributed by atoms with van der Waals surface area (Å²) in [6.07, 6.45) is 2.89. The zero-order valence-corrected chi connectivity index (χ0v) is 18.4. The molecule has 0 radical (unpaired) electrons. The first-order valence-electron chi connectivity index (χ1n) is 11.0. The van der Waals surface area contributed by atoms with Gasteiger partial charge in [-0.15, -0.1) is 0 Å². The van der Waals surface area contributed by atoms with Crippen molar-refractivity contribution in [1.29, 1.82) is 0 Å². The molecule has 32 heavy (non-hydrogen) atoms. The molecule has 0 atom stereocenters. The molecule has 0 aliphatic carbocycles. The molecule has 1 aliphatic rings. The van der Waals surface area contributed by atoms with Crippen LogP contribution in [-0.2, 0) is 19.5 Å². The van der Waals surface area contributed by atoms with Gasteiger partial charge in [0.05, 0.1) is 16.8 Å². The quantitative estimate of drug-likeness (QED) is 0.516. The lowest BCUT2D eigenvalue weighted by atomic mass is 10.00. The molecule has 1 N–H and O–H groups in total. The summed E-state index contributed by atoms with van der Waals surface area (Å²) in [6.45, 7) is 6.20. The van der Waals surface area contributed by atoms with Crippen LogP contribution in [0.5, 0.6) is 0 Å². The second-order valence-corrected chi connectivity index (χ2v) is 8.47. The van der Waals surface area contributed by atoms with Crippen LogP contribution in [-0.4, -0.2) is 22.4 Å². The van der Waals surface area contributed by atoms with Gasteiger partial charge in [-0.3, -0.25) is 9.78 Å². The monoisotopic (exact) mass is 422 g/mol. The Kier molecular flexibility index (Phi) is 5.31. The van der Waals surface area contributed by atoms with Crippen molar-refractivity contribution in [3.63, 3.8) is 0 Å². The molecule has 0 saturated heterocycles. The molecule has 0 spiro atoms. The normalized spacial score (nSPS) is 13.1. The molecule has 5 rings (SSSR count). The highest BCUT2D eigenvalue weighted by atomic mass is 16.1. The summed E-state index contributed by atoms with van der Waals surface area (Å²) in [5, 5.41) is 3.98. The number of aryl methyl sites for hydroxylation is 2. The topological polar surface area (TPSA) is 58.1 Å². The third-order valence-electron chi connectivity index (χ3n) is 6.13. The molecule has 5 nitrogen and oxygen atoms in total. The van der Waals surface area contributed by atoms with Gasteiger partial charge >= 0.3 is 0 Å². The van der Waals surface area contributed by atoms with Crippen molar-refractivity contribution in [2.24, 2.45) is 0 Å². The molecule has 2 aromatic carbocycles. The Morgan fingerprint density at radius 1 is 1.03 bits per heavy atom. The summed E-state index contributed by atoms with van der Waals surface area (Å²) >= 11 is 0. The average Bonchev–Trinajstić information content (AvgIpc) is 2.82. The largest absolute Gasteiger partial charge is 0.352 e. The molecule has 3 heterocycles. The Hall–Kier alpha value is -3.73. The summed E-state index contributed by atoms with van der Waals surface area (Å²) in [6, 6.07) is 20.7. The first kappa shape index (κ1) is 20.2. The fourth-order valence-corrected chi connectivity index (χ4v) is 4.28. The Balaban J connectivity index is 1.25. The molecule has 0 unspecified atom stereocenters. The maximum Gasteiger partial charge on any atom is 0.253 e. The van der Waals surface area contributed by atoms with Gasteiger partial charge in [-0.25, -0.2) is 4.98 Å². The number of rotatable bonds is 4. The highest BCUT2D eigenvalue weighted by molar-refractivity contribution is 5.98. The van der Waals surface area contributed by atoms with Crippen molar-refractivity contribution in [3.05, 3.63) is 100 Å². The summed E-state index contributed by atoms with van der Waals surface area (Å²) < 4.78 is 0. The van der Waals surface area contributed by atoms with Crippen molar-refractivity contribution < 1.29 is 4.79 Å². The molecule has 5 heteroatoms. The molecule has 160 valence electrons. The summed E-state index contributed by atoms with van der Waals surface area (Å²) in [5.41, 5.74) is 7.19. The van der Waals surface area contributed by atoms with E-state index >= 15 is 0 Å². The maximum atomic E-state index is 12.8. The SMILES string of the molecule is Cc1ccc2cc(C(=O)NCc3ccc(N4CCc5ccccc5C4)nc3)c(C)nc2c1. The summed E-state index contributed by atoms with van der Waals surface area (Å²) in [7, 11) is 0. The molecule has 0 fully saturated rings. The van der Waals surface area contributed by atoms with E-state index in [1.165, 1.54) is 11.1 Å². The lowest BCUT2D eigenvalue weighted by Crippen LogP contribution is -2.31. The van der Waals surface area contributed by atoms with E-state index in [0.29, 0.717) is 12.1 Å². The second-order valence-electron chi connectivity index (χ2n) is 8.47. The van der Waals surface area contributed by atoms with Gasteiger partial charge in [0.2, 0.25) is 0 Å². The van der Waals surface area contributed by atoms with Crippen LogP contribution < -0.4 is 10.2 Å². The Labute approximate surface area is 188 Å². The molecular weight excluding hydrogens is 396 g/mol. The minimum absolute atomic E-state index is 0.116. The number of hydrogen-bond donors (Lipinski definition) is 1. The molecular formula is C27H26N4O. The number of carbonyl (C=O) groups is 1. The van der Waals surface area contributed by atoms with Gasteiger partial charge < -0.3 is 10.2 Å². The van der Waals surface area contributed by atoms with Crippen LogP contribution in [0.25, 0.3) is 10.9 Å². The van der Waals surface area contributed by atoms with Crippen LogP contribution in [0.2, 0.25) is 0 Å². The van der Waals surface area contributed by atoms with Crippen LogP contribution in [0.15, 0.2) is 66.9 Å². The lowest BCUT2D eigenvalue weighted by molar-refractivity contribution is 0.0950. The first-order valence-corrected chi connectivity index (χ1v) is 11.0. The Morgan fingerprint density at radius 3 is 2.69 bits per heavy atom. The van der Waals surface area contributed by atoms with E-state index < -0.39 is 0 Å². The fourth-order valence-electron chi connectivity index (χ4n) is 4.28. The highest BCUT2D eigenvalue weighted by Gasteiger charge is 2.17. The van der Waals surface area contributed by atoms with E-state index in [0.717, 1.165) is 53.1 Å². The summed E-state index contributed by atoms with van der Waals surface area (Å²) in [4.78, 5) is 24.4. The van der Waals surface area contributed by atoms with E-state index in [1.54, 1.807) is 0 Å². The van der Waals surface area contributed by atoms with Crippen LogP contribution in [0.1, 0.15) is 38.3 Å². The van der Waals surface area contributed by atoms with Crippen LogP contribution in [0, 0.1) is 13.8 Å². The van der Waals surface area contributed by atoms with Crippen molar-refractivity contribution in [1.82, 2.24) is 15.3 Å². The van der Waals surface area contributed by atoms with Gasteiger partial charge in [0.1, 0.15) is 5.82 Å². The zero-order valence-electron chi connectivity index (χ0n) is 18.4. The molecule has 2 aromatic heterocycles. The number of pyridine rings is 2. The predicted molar refractivity (Wildman–Crippen MR) is 128 cm³/mol. The van der Waals surface area contributed by atoms with Crippen molar-refractivity contribution >= 4 is 22.6 Å². The minimum atomic E-state index is -0.116. The van der Waals surface area contributed by atoms with Gasteiger partial charge in [0, 0.05) is 31.2 Å². The average molecular weight is 423 g/mol. The maximum absolute atomic E-state index is 12.8. The van der Waals surface area contributed by atoms with E-state index in [2.05, 4.69) is 44.5 Å². The Morgan fingerprint density at radius 2 is 1.88 bits per heavy atom. The van der Waals surface area contributed by atoms with E-state index in [9.17, 15) is 4.79 Å². The number of anilines is 1. The number of nitrogens with zero attached hydrogens (tertiary/aromatic N) is 3. The van der Waals surface area contributed by atoms with E-state index in [-0.39, 0.29) is 5.91 Å². The van der Waals surface area contributed by atoms with Gasteiger partial charge in [0.25, 0.3) is 5.91 Å². The first-order chi connectivity index (χ1) is 15.6. The smallest absolute Gasteiger partial charge is 0.253 e. The number of nitrogens with one attached hydrogen (secondary N) is 1. The minimum Gasteiger partial charge on any atom is -0.352 e. The molecule has 0 saturated carbocycles. The van der Waals surface area contributed by atoms with Gasteiger partial charge in [0.15, 0.2) is 0 Å². The number of benzene rings is 2. The number of aromatic nitrogens is 2. The van der Waals surface area contributed by atoms with Crippen molar-refractivity contribution in [2.45, 2.75) is 33.4 Å². The van der Waals surface area contributed by atoms with E-state index in [1.807, 2.05) is 56.4 Å². The third kappa shape index (κ3) is 4.06. The predicted octanol–water partition coefficient (Wildman–Crippen LogP) is 4.74. The van der Waals surface area contributed by atoms with Gasteiger partial charge in [-0.05, 0) is 60.7 Å². The number of amides is 1. The van der Waals surface area contributed by atoms with Crippen LogP contribution >= 0.6 is 0 Å². The lowest BCUT2D eigenvalue weighted by Gasteiger charge is -2.29. The molecule has 4 aromatic rings. The number of carbonyl (C=O) groups excluding carboxylic acids is 1. The zero-order chi connectivity index (χ0) is 22.1. The molecule has 0 bridgehead atoms. The standard InChI is InChI=1S/C27H26N4O/c1-18-7-9-22-14-24(19(2)30-25(22)13-18)27(32)29-16-20-8-10-26(28-15-20)31-12-11-21-5-3-4-6-23(21)17-31/h3-10,13-15H,11-12,16-17H2,1-2H3,(H,29,32). The highest BCUT2D eigenvalue weighted by Crippen LogP contribution is 2.23. The molecule has 1 aliphatic heterocycles. The van der Waals surface area contributed by atoms with Gasteiger partial charge in [-0.2, -0.15) is 0 Å². The van der Waals surface area contributed by atoms with Crippen molar-refractivity contribution in [2.75, 3.05) is 11.4 Å². The van der Waals surface area contributed by atoms with Crippen LogP contribution in [0.4, 0.5) is 5.82 Å². The Bertz CT molecular complexity index is 1300. The summed E-state index contributed by atoms with van der Waals surface area (Å²) in [5.74, 6) is 0.855. The van der Waals surface area contributed by atoms with Crippen LogP contribution in [0.3, 0.4) is 0 Å². The van der Waals surface area contributed by atoms with Crippen molar-refractivity contribution in [3.8, 4) is 0 Å². The molecule has 1 amide bonds. The third-order valence-corrected chi connectivity index (χ3v) is 6.13. The second kappa shape index (κ2) is 8.42. The number of hydrogen-bond acceptors (Lipinski definition) is 4. The number of fused-ring (bicyclic) bond motifs is 2. The fraction of sp³-hybridized carbons (Fsp3) is 0.222. The van der Waals surface area contributed by atoms with Gasteiger partial charge in [-0.1, -0.05) is 42.5 Å². The van der Waals surface area contributed by atoms with E-state index in [4.69, 9.17) is 0 Å².